The van der Waals surface area contributed by atoms with E-state index >= 15 is 0 Å². The SMILES string of the molecule is C=C(C)C(C)[C@H](O)C(F)(F)F. The van der Waals surface area contributed by atoms with Gasteiger partial charge in [0.2, 0.25) is 0 Å². The van der Waals surface area contributed by atoms with Gasteiger partial charge in [-0.1, -0.05) is 19.1 Å². The molecule has 0 saturated carbocycles. The largest absolute Gasteiger partial charge is 0.414 e. The number of aliphatic hydroxyl groups excluding tert-OH is 1. The van der Waals surface area contributed by atoms with Crippen LogP contribution < -0.4 is 0 Å². The van der Waals surface area contributed by atoms with Crippen molar-refractivity contribution in [3.8, 4) is 0 Å². The van der Waals surface area contributed by atoms with Gasteiger partial charge in [-0.2, -0.15) is 13.2 Å². The minimum absolute atomic E-state index is 0.329. The number of rotatable bonds is 2. The van der Waals surface area contributed by atoms with Crippen LogP contribution in [0.5, 0.6) is 0 Å². The van der Waals surface area contributed by atoms with Crippen molar-refractivity contribution in [2.75, 3.05) is 0 Å². The number of hydrogen-bond acceptors (Lipinski definition) is 1. The van der Waals surface area contributed by atoms with E-state index in [9.17, 15) is 13.2 Å². The summed E-state index contributed by atoms with van der Waals surface area (Å²) in [5.74, 6) is -0.935. The normalized spacial score (nSPS) is 17.6. The van der Waals surface area contributed by atoms with Crippen LogP contribution in [-0.2, 0) is 0 Å². The molecule has 0 aromatic heterocycles. The molecule has 0 aromatic carbocycles. The lowest BCUT2D eigenvalue weighted by molar-refractivity contribution is -0.213. The van der Waals surface area contributed by atoms with Crippen LogP contribution in [-0.4, -0.2) is 17.4 Å². The molecule has 0 saturated heterocycles. The van der Waals surface area contributed by atoms with Crippen LogP contribution >= 0.6 is 0 Å². The molecule has 1 unspecified atom stereocenters. The maximum atomic E-state index is 11.8. The highest BCUT2D eigenvalue weighted by molar-refractivity contribution is 4.98. The van der Waals surface area contributed by atoms with Crippen molar-refractivity contribution in [2.24, 2.45) is 5.92 Å². The number of alkyl halides is 3. The van der Waals surface area contributed by atoms with Crippen LogP contribution in [0.1, 0.15) is 13.8 Å². The summed E-state index contributed by atoms with van der Waals surface area (Å²) in [5.41, 5.74) is 0.329. The average molecular weight is 168 g/mol. The van der Waals surface area contributed by atoms with E-state index < -0.39 is 18.2 Å². The van der Waals surface area contributed by atoms with Crippen molar-refractivity contribution < 1.29 is 18.3 Å². The lowest BCUT2D eigenvalue weighted by Gasteiger charge is -2.21. The maximum absolute atomic E-state index is 11.8. The molecule has 1 N–H and O–H groups in total. The second kappa shape index (κ2) is 3.26. The summed E-state index contributed by atoms with van der Waals surface area (Å²) in [4.78, 5) is 0. The van der Waals surface area contributed by atoms with Gasteiger partial charge < -0.3 is 5.11 Å². The van der Waals surface area contributed by atoms with Gasteiger partial charge in [0.25, 0.3) is 0 Å². The third kappa shape index (κ3) is 2.93. The van der Waals surface area contributed by atoms with Crippen molar-refractivity contribution in [1.82, 2.24) is 0 Å². The topological polar surface area (TPSA) is 20.2 Å². The fraction of sp³-hybridized carbons (Fsp3) is 0.714. The molecule has 0 radical (unpaired) electrons. The Morgan fingerprint density at radius 3 is 1.91 bits per heavy atom. The minimum atomic E-state index is -4.54. The van der Waals surface area contributed by atoms with Gasteiger partial charge in [-0.05, 0) is 6.92 Å². The molecule has 0 heterocycles. The molecular weight excluding hydrogens is 157 g/mol. The van der Waals surface area contributed by atoms with Gasteiger partial charge in [-0.3, -0.25) is 0 Å². The Morgan fingerprint density at radius 1 is 1.45 bits per heavy atom. The quantitative estimate of drug-likeness (QED) is 0.626. The highest BCUT2D eigenvalue weighted by atomic mass is 19.4. The fourth-order valence-electron chi connectivity index (χ4n) is 0.553. The molecule has 2 atom stereocenters. The summed E-state index contributed by atoms with van der Waals surface area (Å²) >= 11 is 0. The van der Waals surface area contributed by atoms with Crippen LogP contribution in [0.4, 0.5) is 13.2 Å². The third-order valence-electron chi connectivity index (χ3n) is 1.59. The van der Waals surface area contributed by atoms with Gasteiger partial charge in [-0.25, -0.2) is 0 Å². The molecule has 0 aliphatic rings. The van der Waals surface area contributed by atoms with Crippen molar-refractivity contribution in [1.29, 1.82) is 0 Å². The van der Waals surface area contributed by atoms with Crippen LogP contribution in [0, 0.1) is 5.92 Å². The van der Waals surface area contributed by atoms with Crippen molar-refractivity contribution in [3.63, 3.8) is 0 Å². The Balaban J connectivity index is 4.25. The molecule has 0 fully saturated rings. The molecule has 0 amide bonds. The van der Waals surface area contributed by atoms with Gasteiger partial charge in [0.05, 0.1) is 0 Å². The van der Waals surface area contributed by atoms with Crippen LogP contribution in [0.2, 0.25) is 0 Å². The highest BCUT2D eigenvalue weighted by Crippen LogP contribution is 2.28. The monoisotopic (exact) mass is 168 g/mol. The summed E-state index contributed by atoms with van der Waals surface area (Å²) in [6.45, 7) is 6.08. The summed E-state index contributed by atoms with van der Waals surface area (Å²) in [5, 5.41) is 8.64. The van der Waals surface area contributed by atoms with E-state index in [0.717, 1.165) is 0 Å². The molecule has 1 nitrogen and oxygen atoms in total. The predicted octanol–water partition coefficient (Wildman–Crippen LogP) is 2.12. The number of halogens is 3. The molecule has 0 aliphatic heterocycles. The molecule has 0 bridgehead atoms. The molecule has 0 aliphatic carbocycles. The highest BCUT2D eigenvalue weighted by Gasteiger charge is 2.41. The number of hydrogen-bond donors (Lipinski definition) is 1. The Kier molecular flexibility index (Phi) is 3.11. The first-order chi connectivity index (χ1) is 4.76. The smallest absolute Gasteiger partial charge is 0.383 e. The van der Waals surface area contributed by atoms with Gasteiger partial charge in [0.15, 0.2) is 6.10 Å². The average Bonchev–Trinajstić information content (AvgIpc) is 1.82. The second-order valence-corrected chi connectivity index (χ2v) is 2.62. The molecule has 66 valence electrons. The van der Waals surface area contributed by atoms with E-state index in [-0.39, 0.29) is 0 Å². The van der Waals surface area contributed by atoms with Crippen molar-refractivity contribution >= 4 is 0 Å². The molecule has 11 heavy (non-hydrogen) atoms. The molecule has 4 heteroatoms. The zero-order valence-electron chi connectivity index (χ0n) is 6.44. The first-order valence-corrected chi connectivity index (χ1v) is 3.17. The molecule has 0 rings (SSSR count). The molecule has 0 aromatic rings. The minimum Gasteiger partial charge on any atom is -0.383 e. The lowest BCUT2D eigenvalue weighted by Crippen LogP contribution is -2.34. The van der Waals surface area contributed by atoms with E-state index in [1.807, 2.05) is 0 Å². The van der Waals surface area contributed by atoms with Gasteiger partial charge in [0.1, 0.15) is 0 Å². The van der Waals surface area contributed by atoms with E-state index in [4.69, 9.17) is 5.11 Å². The fourth-order valence-corrected chi connectivity index (χ4v) is 0.553. The van der Waals surface area contributed by atoms with Crippen LogP contribution in [0.15, 0.2) is 12.2 Å². The maximum Gasteiger partial charge on any atom is 0.414 e. The van der Waals surface area contributed by atoms with Gasteiger partial charge in [-0.15, -0.1) is 0 Å². The number of aliphatic hydroxyl groups is 1. The summed E-state index contributed by atoms with van der Waals surface area (Å²) in [6.07, 6.45) is -6.83. The predicted molar refractivity (Wildman–Crippen MR) is 36.0 cm³/mol. The molecular formula is C7H11F3O. The Hall–Kier alpha value is -0.510. The summed E-state index contributed by atoms with van der Waals surface area (Å²) in [7, 11) is 0. The van der Waals surface area contributed by atoms with Crippen molar-refractivity contribution in [2.45, 2.75) is 26.1 Å². The van der Waals surface area contributed by atoms with E-state index in [2.05, 4.69) is 6.58 Å². The Labute approximate surface area is 63.5 Å². The van der Waals surface area contributed by atoms with Crippen molar-refractivity contribution in [3.05, 3.63) is 12.2 Å². The van der Waals surface area contributed by atoms with Gasteiger partial charge >= 0.3 is 6.18 Å². The first-order valence-electron chi connectivity index (χ1n) is 3.17. The standard InChI is InChI=1S/C7H11F3O/c1-4(2)5(3)6(11)7(8,9)10/h5-6,11H,1H2,2-3H3/t5?,6-/m0/s1. The lowest BCUT2D eigenvalue weighted by atomic mass is 9.97. The van der Waals surface area contributed by atoms with E-state index in [1.54, 1.807) is 0 Å². The Bertz CT molecular complexity index is 150. The summed E-state index contributed by atoms with van der Waals surface area (Å²) < 4.78 is 35.3. The second-order valence-electron chi connectivity index (χ2n) is 2.62. The van der Waals surface area contributed by atoms with Crippen LogP contribution in [0.25, 0.3) is 0 Å². The first kappa shape index (κ1) is 10.5. The zero-order chi connectivity index (χ0) is 9.23. The summed E-state index contributed by atoms with van der Waals surface area (Å²) in [6, 6.07) is 0. The van der Waals surface area contributed by atoms with E-state index in [1.165, 1.54) is 13.8 Å². The van der Waals surface area contributed by atoms with Crippen LogP contribution in [0.3, 0.4) is 0 Å². The van der Waals surface area contributed by atoms with Gasteiger partial charge in [0, 0.05) is 5.92 Å². The molecule has 0 spiro atoms. The van der Waals surface area contributed by atoms with E-state index in [0.29, 0.717) is 5.57 Å². The Morgan fingerprint density at radius 2 is 1.82 bits per heavy atom. The zero-order valence-corrected chi connectivity index (χ0v) is 6.44. The third-order valence-corrected chi connectivity index (χ3v) is 1.59.